The van der Waals surface area contributed by atoms with Gasteiger partial charge in [0, 0.05) is 6.20 Å². The van der Waals surface area contributed by atoms with Crippen molar-refractivity contribution in [3.63, 3.8) is 0 Å². The fourth-order valence-corrected chi connectivity index (χ4v) is 2.71. The number of carboxylic acids is 1. The van der Waals surface area contributed by atoms with Gasteiger partial charge in [0.15, 0.2) is 0 Å². The first-order valence-electron chi connectivity index (χ1n) is 4.70. The van der Waals surface area contributed by atoms with Crippen molar-refractivity contribution in [1.82, 2.24) is 14.9 Å². The number of rotatable bonds is 7. The number of carbonyl (C=O) groups is 1. The minimum absolute atomic E-state index is 0.0760. The number of hydrogen-bond acceptors (Lipinski definition) is 5. The lowest BCUT2D eigenvalue weighted by Crippen LogP contribution is -2.41. The minimum Gasteiger partial charge on any atom is -0.480 e. The summed E-state index contributed by atoms with van der Waals surface area (Å²) in [5, 5.41) is 14.8. The monoisotopic (exact) mass is 279 g/mol. The largest absolute Gasteiger partial charge is 0.480 e. The first kappa shape index (κ1) is 14.0. The summed E-state index contributed by atoms with van der Waals surface area (Å²) >= 11 is 1.45. The van der Waals surface area contributed by atoms with Crippen LogP contribution in [0.25, 0.3) is 0 Å². The van der Waals surface area contributed by atoms with Crippen molar-refractivity contribution in [3.8, 4) is 0 Å². The SMILES string of the molecule is CSCC[C@@H](NS(=O)(=O)c1cn[nH]c1)C(=O)O. The molecule has 3 N–H and O–H groups in total. The fraction of sp³-hybridized carbons (Fsp3) is 0.500. The van der Waals surface area contributed by atoms with Gasteiger partial charge in [0.25, 0.3) is 0 Å². The van der Waals surface area contributed by atoms with Crippen LogP contribution in [-0.2, 0) is 14.8 Å². The van der Waals surface area contributed by atoms with E-state index in [4.69, 9.17) is 5.11 Å². The molecule has 0 radical (unpaired) electrons. The van der Waals surface area contributed by atoms with Gasteiger partial charge in [0.05, 0.1) is 6.20 Å². The smallest absolute Gasteiger partial charge is 0.321 e. The molecule has 1 rings (SSSR count). The number of sulfonamides is 1. The van der Waals surface area contributed by atoms with E-state index in [0.717, 1.165) is 6.20 Å². The van der Waals surface area contributed by atoms with E-state index in [1.165, 1.54) is 18.0 Å². The summed E-state index contributed by atoms with van der Waals surface area (Å²) < 4.78 is 25.6. The molecule has 0 saturated heterocycles. The average molecular weight is 279 g/mol. The normalized spacial score (nSPS) is 13.5. The number of nitrogens with zero attached hydrogens (tertiary/aromatic N) is 1. The molecule has 0 saturated carbocycles. The molecule has 1 heterocycles. The van der Waals surface area contributed by atoms with E-state index in [9.17, 15) is 13.2 Å². The lowest BCUT2D eigenvalue weighted by Gasteiger charge is -2.13. The van der Waals surface area contributed by atoms with E-state index in [1.807, 2.05) is 6.26 Å². The van der Waals surface area contributed by atoms with Gasteiger partial charge in [-0.15, -0.1) is 0 Å². The summed E-state index contributed by atoms with van der Waals surface area (Å²) in [5.41, 5.74) is 0. The van der Waals surface area contributed by atoms with Gasteiger partial charge >= 0.3 is 5.97 Å². The van der Waals surface area contributed by atoms with Gasteiger partial charge in [-0.1, -0.05) is 0 Å². The second kappa shape index (κ2) is 6.03. The van der Waals surface area contributed by atoms with Gasteiger partial charge < -0.3 is 5.11 Å². The minimum atomic E-state index is -3.83. The Hall–Kier alpha value is -1.06. The summed E-state index contributed by atoms with van der Waals surface area (Å²) in [6.45, 7) is 0. The topological polar surface area (TPSA) is 112 Å². The standard InChI is InChI=1S/C8H13N3O4S2/c1-16-3-2-7(8(12)13)11-17(14,15)6-4-9-10-5-6/h4-5,7,11H,2-3H2,1H3,(H,9,10)(H,12,13)/t7-/m1/s1. The maximum atomic E-state index is 11.7. The van der Waals surface area contributed by atoms with Crippen LogP contribution in [-0.4, -0.2) is 47.7 Å². The van der Waals surface area contributed by atoms with Gasteiger partial charge in [-0.2, -0.15) is 21.6 Å². The Bertz CT molecular complexity index is 457. The highest BCUT2D eigenvalue weighted by Crippen LogP contribution is 2.08. The van der Waals surface area contributed by atoms with Crippen LogP contribution in [0.5, 0.6) is 0 Å². The van der Waals surface area contributed by atoms with Crippen LogP contribution in [0.15, 0.2) is 17.3 Å². The molecule has 96 valence electrons. The Balaban J connectivity index is 2.76. The summed E-state index contributed by atoms with van der Waals surface area (Å²) in [6.07, 6.45) is 4.36. The molecule has 9 heteroatoms. The van der Waals surface area contributed by atoms with Crippen molar-refractivity contribution in [2.75, 3.05) is 12.0 Å². The number of H-pyrrole nitrogens is 1. The molecule has 1 aromatic heterocycles. The Morgan fingerprint density at radius 1 is 1.71 bits per heavy atom. The molecular formula is C8H13N3O4S2. The number of carboxylic acid groups (broad SMARTS) is 1. The molecule has 0 amide bonds. The molecule has 0 aliphatic carbocycles. The first-order chi connectivity index (χ1) is 7.97. The Morgan fingerprint density at radius 2 is 2.41 bits per heavy atom. The van der Waals surface area contributed by atoms with Crippen LogP contribution in [0.2, 0.25) is 0 Å². The van der Waals surface area contributed by atoms with Gasteiger partial charge in [-0.05, 0) is 18.4 Å². The van der Waals surface area contributed by atoms with Crippen molar-refractivity contribution in [2.45, 2.75) is 17.4 Å². The molecule has 0 aliphatic rings. The number of nitrogens with one attached hydrogen (secondary N) is 2. The number of thioether (sulfide) groups is 1. The summed E-state index contributed by atoms with van der Waals surface area (Å²) in [4.78, 5) is 10.8. The zero-order valence-corrected chi connectivity index (χ0v) is 10.7. The molecule has 17 heavy (non-hydrogen) atoms. The van der Waals surface area contributed by atoms with Crippen LogP contribution >= 0.6 is 11.8 Å². The third-order valence-corrected chi connectivity index (χ3v) is 4.07. The number of aliphatic carboxylic acids is 1. The second-order valence-electron chi connectivity index (χ2n) is 3.23. The van der Waals surface area contributed by atoms with Gasteiger partial charge in [0.2, 0.25) is 10.0 Å². The molecule has 0 unspecified atom stereocenters. The number of aromatic nitrogens is 2. The van der Waals surface area contributed by atoms with Crippen molar-refractivity contribution >= 4 is 27.8 Å². The van der Waals surface area contributed by atoms with E-state index >= 15 is 0 Å². The molecule has 0 spiro atoms. The third-order valence-electron chi connectivity index (χ3n) is 1.99. The molecule has 0 fully saturated rings. The van der Waals surface area contributed by atoms with E-state index in [-0.39, 0.29) is 11.3 Å². The first-order valence-corrected chi connectivity index (χ1v) is 7.58. The number of hydrogen-bond donors (Lipinski definition) is 3. The lowest BCUT2D eigenvalue weighted by atomic mass is 10.2. The van der Waals surface area contributed by atoms with Crippen molar-refractivity contribution in [2.24, 2.45) is 0 Å². The van der Waals surface area contributed by atoms with Crippen LogP contribution in [0.3, 0.4) is 0 Å². The predicted octanol–water partition coefficient (Wildman–Crippen LogP) is -0.106. The maximum Gasteiger partial charge on any atom is 0.321 e. The zero-order valence-electron chi connectivity index (χ0n) is 9.08. The summed E-state index contributed by atoms with van der Waals surface area (Å²) in [5.74, 6) is -0.628. The highest BCUT2D eigenvalue weighted by molar-refractivity contribution is 7.98. The summed E-state index contributed by atoms with van der Waals surface area (Å²) in [6, 6.07) is -1.12. The molecule has 7 nitrogen and oxygen atoms in total. The van der Waals surface area contributed by atoms with Crippen LogP contribution in [0.1, 0.15) is 6.42 Å². The van der Waals surface area contributed by atoms with Gasteiger partial charge in [-0.25, -0.2) is 8.42 Å². The van der Waals surface area contributed by atoms with Crippen LogP contribution in [0, 0.1) is 0 Å². The molecule has 0 aromatic carbocycles. The Morgan fingerprint density at radius 3 is 2.88 bits per heavy atom. The van der Waals surface area contributed by atoms with Crippen LogP contribution < -0.4 is 4.72 Å². The van der Waals surface area contributed by atoms with Crippen molar-refractivity contribution < 1.29 is 18.3 Å². The maximum absolute atomic E-state index is 11.7. The molecular weight excluding hydrogens is 266 g/mol. The van der Waals surface area contributed by atoms with Crippen molar-refractivity contribution in [3.05, 3.63) is 12.4 Å². The van der Waals surface area contributed by atoms with Crippen LogP contribution in [0.4, 0.5) is 0 Å². The second-order valence-corrected chi connectivity index (χ2v) is 5.93. The van der Waals surface area contributed by atoms with E-state index in [0.29, 0.717) is 5.75 Å². The Kier molecular flexibility index (Phi) is 4.97. The zero-order chi connectivity index (χ0) is 12.9. The van der Waals surface area contributed by atoms with Gasteiger partial charge in [0.1, 0.15) is 10.9 Å². The average Bonchev–Trinajstić information content (AvgIpc) is 2.77. The highest BCUT2D eigenvalue weighted by Gasteiger charge is 2.25. The van der Waals surface area contributed by atoms with Crippen molar-refractivity contribution in [1.29, 1.82) is 0 Å². The highest BCUT2D eigenvalue weighted by atomic mass is 32.2. The van der Waals surface area contributed by atoms with E-state index in [1.54, 1.807) is 0 Å². The third kappa shape index (κ3) is 4.02. The van der Waals surface area contributed by atoms with Gasteiger partial charge in [-0.3, -0.25) is 9.89 Å². The molecule has 1 aromatic rings. The molecule has 1 atom stereocenters. The fourth-order valence-electron chi connectivity index (χ4n) is 1.11. The predicted molar refractivity (Wildman–Crippen MR) is 63.3 cm³/mol. The number of aromatic amines is 1. The lowest BCUT2D eigenvalue weighted by molar-refractivity contribution is -0.139. The van der Waals surface area contributed by atoms with E-state index < -0.39 is 22.0 Å². The summed E-state index contributed by atoms with van der Waals surface area (Å²) in [7, 11) is -3.83. The van der Waals surface area contributed by atoms with E-state index in [2.05, 4.69) is 14.9 Å². The quantitative estimate of drug-likeness (QED) is 0.642. The molecule has 0 aliphatic heterocycles. The molecule has 0 bridgehead atoms. The Labute approximate surface area is 103 Å².